The number of nitrogens with one attached hydrogen (secondary N) is 1. The highest BCUT2D eigenvalue weighted by Crippen LogP contribution is 2.25. The van der Waals surface area contributed by atoms with Crippen LogP contribution < -0.4 is 5.43 Å². The number of phenols is 1. The van der Waals surface area contributed by atoms with Crippen LogP contribution in [0.3, 0.4) is 0 Å². The molecule has 0 spiro atoms. The Bertz CT molecular complexity index is 891. The summed E-state index contributed by atoms with van der Waals surface area (Å²) in [6.45, 7) is 0. The topological polar surface area (TPSA) is 101 Å². The molecule has 0 saturated heterocycles. The minimum absolute atomic E-state index is 0.0915. The van der Waals surface area contributed by atoms with Gasteiger partial charge in [-0.3, -0.25) is 15.5 Å². The number of rotatable bonds is 4. The monoisotopic (exact) mass is 308 g/mol. The zero-order valence-electron chi connectivity index (χ0n) is 11.9. The van der Waals surface area contributed by atoms with E-state index < -0.39 is 4.92 Å². The summed E-state index contributed by atoms with van der Waals surface area (Å²) in [5, 5.41) is 26.4. The fourth-order valence-electron chi connectivity index (χ4n) is 2.14. The van der Waals surface area contributed by atoms with Gasteiger partial charge in [0.05, 0.1) is 11.1 Å². The summed E-state index contributed by atoms with van der Waals surface area (Å²) >= 11 is 0. The van der Waals surface area contributed by atoms with E-state index in [1.165, 1.54) is 18.3 Å². The highest BCUT2D eigenvalue weighted by molar-refractivity contribution is 6.02. The number of anilines is 1. The average Bonchev–Trinajstić information content (AvgIpc) is 2.57. The van der Waals surface area contributed by atoms with Gasteiger partial charge in [0, 0.05) is 11.6 Å². The van der Waals surface area contributed by atoms with E-state index in [-0.39, 0.29) is 11.4 Å². The van der Waals surface area contributed by atoms with Gasteiger partial charge in [-0.2, -0.15) is 5.10 Å². The van der Waals surface area contributed by atoms with E-state index in [4.69, 9.17) is 0 Å². The highest BCUT2D eigenvalue weighted by atomic mass is 16.6. The minimum atomic E-state index is -0.520. The molecule has 7 heteroatoms. The summed E-state index contributed by atoms with van der Waals surface area (Å²) < 4.78 is 0. The molecule has 23 heavy (non-hydrogen) atoms. The Balaban J connectivity index is 1.83. The van der Waals surface area contributed by atoms with Gasteiger partial charge in [-0.05, 0) is 22.9 Å². The molecule has 0 bridgehead atoms. The molecule has 114 valence electrons. The van der Waals surface area contributed by atoms with Crippen molar-refractivity contribution in [3.05, 3.63) is 70.4 Å². The molecule has 0 aliphatic heterocycles. The van der Waals surface area contributed by atoms with Crippen LogP contribution >= 0.6 is 0 Å². The fraction of sp³-hybridized carbons (Fsp3) is 0. The van der Waals surface area contributed by atoms with E-state index >= 15 is 0 Å². The van der Waals surface area contributed by atoms with E-state index in [1.54, 1.807) is 6.07 Å². The maximum atomic E-state index is 10.6. The van der Waals surface area contributed by atoms with Crippen LogP contribution in [-0.4, -0.2) is 21.2 Å². The molecule has 2 N–H and O–H groups in total. The number of benzene rings is 2. The van der Waals surface area contributed by atoms with Crippen molar-refractivity contribution in [2.24, 2.45) is 5.10 Å². The molecule has 0 aliphatic rings. The summed E-state index contributed by atoms with van der Waals surface area (Å²) in [7, 11) is 0. The molecule has 2 aromatic carbocycles. The molecule has 7 nitrogen and oxygen atoms in total. The normalized spacial score (nSPS) is 11.0. The third-order valence-electron chi connectivity index (χ3n) is 3.28. The predicted octanol–water partition coefficient (Wildman–Crippen LogP) is 3.29. The van der Waals surface area contributed by atoms with Crippen molar-refractivity contribution in [2.45, 2.75) is 0 Å². The Morgan fingerprint density at radius 1 is 1.17 bits per heavy atom. The van der Waals surface area contributed by atoms with E-state index in [0.717, 1.165) is 17.0 Å². The van der Waals surface area contributed by atoms with Crippen LogP contribution in [0.1, 0.15) is 5.56 Å². The summed E-state index contributed by atoms with van der Waals surface area (Å²) in [5.41, 5.74) is 3.17. The Hall–Kier alpha value is -3.48. The van der Waals surface area contributed by atoms with Crippen LogP contribution in [0.2, 0.25) is 0 Å². The Morgan fingerprint density at radius 3 is 2.74 bits per heavy atom. The second kappa shape index (κ2) is 6.10. The molecule has 0 saturated carbocycles. The van der Waals surface area contributed by atoms with Gasteiger partial charge in [-0.15, -0.1) is 0 Å². The Morgan fingerprint density at radius 2 is 2.00 bits per heavy atom. The molecule has 0 aliphatic carbocycles. The molecule has 0 atom stereocenters. The number of aromatic hydroxyl groups is 1. The number of hydrogen-bond donors (Lipinski definition) is 2. The van der Waals surface area contributed by atoms with Crippen molar-refractivity contribution < 1.29 is 10.0 Å². The first kappa shape index (κ1) is 14.5. The summed E-state index contributed by atoms with van der Waals surface area (Å²) in [6, 6.07) is 13.8. The van der Waals surface area contributed by atoms with Gasteiger partial charge >= 0.3 is 0 Å². The zero-order valence-corrected chi connectivity index (χ0v) is 11.9. The minimum Gasteiger partial charge on any atom is -0.507 e. The third-order valence-corrected chi connectivity index (χ3v) is 3.28. The molecule has 0 fully saturated rings. The lowest BCUT2D eigenvalue weighted by molar-refractivity contribution is -0.385. The summed E-state index contributed by atoms with van der Waals surface area (Å²) in [5.74, 6) is 0.484. The third kappa shape index (κ3) is 3.08. The maximum Gasteiger partial charge on any atom is 0.287 e. The largest absolute Gasteiger partial charge is 0.507 e. The second-order valence-corrected chi connectivity index (χ2v) is 4.75. The van der Waals surface area contributed by atoms with Crippen LogP contribution in [0.4, 0.5) is 11.5 Å². The van der Waals surface area contributed by atoms with Gasteiger partial charge < -0.3 is 5.11 Å². The molecular weight excluding hydrogens is 296 g/mol. The first-order chi connectivity index (χ1) is 11.1. The molecule has 0 amide bonds. The van der Waals surface area contributed by atoms with Crippen LogP contribution in [0.25, 0.3) is 10.8 Å². The Labute approximate surface area is 131 Å². The molecule has 0 unspecified atom stereocenters. The second-order valence-electron chi connectivity index (χ2n) is 4.75. The number of phenolic OH excluding ortho intramolecular Hbond substituents is 1. The van der Waals surface area contributed by atoms with E-state index in [2.05, 4.69) is 15.5 Å². The van der Waals surface area contributed by atoms with Crippen molar-refractivity contribution in [3.63, 3.8) is 0 Å². The number of hydrazone groups is 1. The summed E-state index contributed by atoms with van der Waals surface area (Å²) in [6.07, 6.45) is 2.63. The SMILES string of the molecule is O=[N+]([O-])c1ccc(N/N=C/c2c(O)ccc3ccccc23)nc1. The number of aromatic nitrogens is 1. The standard InChI is InChI=1S/C16H12N4O3/c21-15-7-5-11-3-1-2-4-13(11)14(15)10-18-19-16-8-6-12(9-17-16)20(22)23/h1-10,21H,(H,17,19)/b18-10+. The van der Waals surface area contributed by atoms with Gasteiger partial charge in [0.1, 0.15) is 17.8 Å². The predicted molar refractivity (Wildman–Crippen MR) is 87.7 cm³/mol. The number of hydrogen-bond acceptors (Lipinski definition) is 6. The van der Waals surface area contributed by atoms with Crippen LogP contribution in [-0.2, 0) is 0 Å². The first-order valence-corrected chi connectivity index (χ1v) is 6.75. The van der Waals surface area contributed by atoms with E-state index in [0.29, 0.717) is 11.4 Å². The van der Waals surface area contributed by atoms with E-state index in [9.17, 15) is 15.2 Å². The van der Waals surface area contributed by atoms with Gasteiger partial charge in [-0.25, -0.2) is 4.98 Å². The molecule has 3 aromatic rings. The van der Waals surface area contributed by atoms with E-state index in [1.807, 2.05) is 30.3 Å². The van der Waals surface area contributed by atoms with Crippen molar-refractivity contribution in [2.75, 3.05) is 5.43 Å². The molecule has 3 rings (SSSR count). The smallest absolute Gasteiger partial charge is 0.287 e. The first-order valence-electron chi connectivity index (χ1n) is 6.75. The molecule has 0 radical (unpaired) electrons. The Kier molecular flexibility index (Phi) is 3.84. The van der Waals surface area contributed by atoms with Gasteiger partial charge in [0.25, 0.3) is 5.69 Å². The van der Waals surface area contributed by atoms with Crippen LogP contribution in [0.15, 0.2) is 59.8 Å². The lowest BCUT2D eigenvalue weighted by Crippen LogP contribution is -1.95. The summed E-state index contributed by atoms with van der Waals surface area (Å²) in [4.78, 5) is 13.9. The number of nitrogens with zero attached hydrogens (tertiary/aromatic N) is 3. The lowest BCUT2D eigenvalue weighted by Gasteiger charge is -2.04. The van der Waals surface area contributed by atoms with Gasteiger partial charge in [-0.1, -0.05) is 30.3 Å². The maximum absolute atomic E-state index is 10.6. The fourth-order valence-corrected chi connectivity index (χ4v) is 2.14. The quantitative estimate of drug-likeness (QED) is 0.437. The zero-order chi connectivity index (χ0) is 16.2. The van der Waals surface area contributed by atoms with Crippen molar-refractivity contribution in [1.29, 1.82) is 0 Å². The van der Waals surface area contributed by atoms with Crippen molar-refractivity contribution >= 4 is 28.5 Å². The molecular formula is C16H12N4O3. The number of pyridine rings is 1. The van der Waals surface area contributed by atoms with Gasteiger partial charge in [0.2, 0.25) is 0 Å². The van der Waals surface area contributed by atoms with Gasteiger partial charge in [0.15, 0.2) is 0 Å². The lowest BCUT2D eigenvalue weighted by atomic mass is 10.0. The van der Waals surface area contributed by atoms with Crippen molar-refractivity contribution in [1.82, 2.24) is 4.98 Å². The average molecular weight is 308 g/mol. The molecule has 1 aromatic heterocycles. The molecule has 1 heterocycles. The van der Waals surface area contributed by atoms with Crippen molar-refractivity contribution in [3.8, 4) is 5.75 Å². The highest BCUT2D eigenvalue weighted by Gasteiger charge is 2.05. The van der Waals surface area contributed by atoms with Crippen LogP contribution in [0.5, 0.6) is 5.75 Å². The van der Waals surface area contributed by atoms with Crippen LogP contribution in [0, 0.1) is 10.1 Å². The number of nitro groups is 1. The number of fused-ring (bicyclic) bond motifs is 1.